The normalized spacial score (nSPS) is 19.8. The van der Waals surface area contributed by atoms with Crippen molar-refractivity contribution in [2.75, 3.05) is 13.1 Å². The number of aryl methyl sites for hydroxylation is 1. The maximum Gasteiger partial charge on any atom is 0.282 e. The van der Waals surface area contributed by atoms with Crippen LogP contribution < -0.4 is 0 Å². The maximum atomic E-state index is 13.0. The molecule has 5 nitrogen and oxygen atoms in total. The third kappa shape index (κ3) is 3.37. The van der Waals surface area contributed by atoms with Crippen LogP contribution in [0, 0.1) is 6.92 Å². The number of nitrogens with one attached hydrogen (secondary N) is 1. The number of H-pyrrole nitrogens is 1. The van der Waals surface area contributed by atoms with Crippen molar-refractivity contribution in [2.24, 2.45) is 0 Å². The van der Waals surface area contributed by atoms with Crippen LogP contribution in [0.3, 0.4) is 0 Å². The molecule has 0 spiro atoms. The highest BCUT2D eigenvalue weighted by molar-refractivity contribution is 7.11. The quantitative estimate of drug-likeness (QED) is 0.731. The lowest BCUT2D eigenvalue weighted by Gasteiger charge is -2.17. The number of carbonyl (C=O) groups excluding carboxylic acids is 1. The number of rotatable bonds is 4. The minimum atomic E-state index is -2.62. The first-order chi connectivity index (χ1) is 13.0. The Morgan fingerprint density at radius 2 is 2.00 bits per heavy atom. The van der Waals surface area contributed by atoms with Gasteiger partial charge in [0.2, 0.25) is 0 Å². The van der Waals surface area contributed by atoms with Crippen LogP contribution >= 0.6 is 11.3 Å². The molecule has 1 N–H and O–H groups in total. The Kier molecular flexibility index (Phi) is 4.73. The highest BCUT2D eigenvalue weighted by atomic mass is 32.1. The molecule has 1 saturated heterocycles. The standard InChI is InChI=1S/C19H18F2N4OS/c1-11-17(27-10-22-11)19(26)25-8-13(12-5-3-2-4-6-12)14(9-25)15-7-16(18(20)21)24-23-15/h2-7,10,13-14,18H,8-9H2,1H3,(H,23,24)/t13-,14+/m0/s1. The summed E-state index contributed by atoms with van der Waals surface area (Å²) in [5, 5.41) is 6.49. The van der Waals surface area contributed by atoms with E-state index in [1.54, 1.807) is 10.4 Å². The molecular weight excluding hydrogens is 370 g/mol. The van der Waals surface area contributed by atoms with Gasteiger partial charge in [-0.25, -0.2) is 13.8 Å². The lowest BCUT2D eigenvalue weighted by atomic mass is 9.87. The highest BCUT2D eigenvalue weighted by Gasteiger charge is 2.39. The number of aromatic nitrogens is 3. The van der Waals surface area contributed by atoms with E-state index >= 15 is 0 Å². The molecule has 2 atom stereocenters. The summed E-state index contributed by atoms with van der Waals surface area (Å²) in [5.41, 5.74) is 3.82. The number of carbonyl (C=O) groups is 1. The van der Waals surface area contributed by atoms with Gasteiger partial charge in [-0.3, -0.25) is 9.89 Å². The molecule has 3 aromatic rings. The largest absolute Gasteiger partial charge is 0.337 e. The van der Waals surface area contributed by atoms with E-state index in [0.717, 1.165) is 5.56 Å². The number of thiazole rings is 1. The predicted octanol–water partition coefficient (Wildman–Crippen LogP) is 4.14. The summed E-state index contributed by atoms with van der Waals surface area (Å²) in [6, 6.07) is 11.3. The minimum Gasteiger partial charge on any atom is -0.337 e. The van der Waals surface area contributed by atoms with Crippen LogP contribution in [0.15, 0.2) is 41.9 Å². The van der Waals surface area contributed by atoms with Gasteiger partial charge in [-0.15, -0.1) is 11.3 Å². The smallest absolute Gasteiger partial charge is 0.282 e. The van der Waals surface area contributed by atoms with Crippen LogP contribution in [-0.2, 0) is 0 Å². The molecule has 27 heavy (non-hydrogen) atoms. The molecule has 1 aromatic carbocycles. The van der Waals surface area contributed by atoms with E-state index in [4.69, 9.17) is 0 Å². The molecule has 0 radical (unpaired) electrons. The second-order valence-electron chi connectivity index (χ2n) is 6.65. The molecule has 2 aromatic heterocycles. The van der Waals surface area contributed by atoms with Crippen molar-refractivity contribution in [1.29, 1.82) is 0 Å². The van der Waals surface area contributed by atoms with Gasteiger partial charge in [0.25, 0.3) is 12.3 Å². The Hall–Kier alpha value is -2.61. The first-order valence-electron chi connectivity index (χ1n) is 8.62. The molecule has 1 fully saturated rings. The van der Waals surface area contributed by atoms with E-state index in [-0.39, 0.29) is 23.4 Å². The van der Waals surface area contributed by atoms with Gasteiger partial charge in [-0.1, -0.05) is 30.3 Å². The zero-order valence-corrected chi connectivity index (χ0v) is 15.4. The minimum absolute atomic E-state index is 0.00866. The summed E-state index contributed by atoms with van der Waals surface area (Å²) in [6.07, 6.45) is -2.62. The SMILES string of the molecule is Cc1ncsc1C(=O)N1C[C@@H](c2ccccc2)[C@H](c2cc(C(F)F)n[nH]2)C1. The molecular formula is C19H18F2N4OS. The molecule has 1 aliphatic heterocycles. The number of hydrogen-bond acceptors (Lipinski definition) is 4. The van der Waals surface area contributed by atoms with Gasteiger partial charge in [0, 0.05) is 30.6 Å². The molecule has 3 heterocycles. The van der Waals surface area contributed by atoms with Crippen molar-refractivity contribution in [3.05, 3.63) is 69.4 Å². The molecule has 1 amide bonds. The van der Waals surface area contributed by atoms with Crippen molar-refractivity contribution in [3.8, 4) is 0 Å². The van der Waals surface area contributed by atoms with E-state index in [1.807, 2.05) is 37.3 Å². The first-order valence-corrected chi connectivity index (χ1v) is 9.50. The second-order valence-corrected chi connectivity index (χ2v) is 7.50. The number of halogens is 2. The Bertz CT molecular complexity index is 940. The van der Waals surface area contributed by atoms with Crippen molar-refractivity contribution >= 4 is 17.2 Å². The number of likely N-dealkylation sites (tertiary alicyclic amines) is 1. The van der Waals surface area contributed by atoms with E-state index < -0.39 is 6.43 Å². The Morgan fingerprint density at radius 3 is 2.63 bits per heavy atom. The highest BCUT2D eigenvalue weighted by Crippen LogP contribution is 2.40. The third-order valence-corrected chi connectivity index (χ3v) is 5.93. The fourth-order valence-corrected chi connectivity index (χ4v) is 4.40. The molecule has 0 aliphatic carbocycles. The van der Waals surface area contributed by atoms with Crippen LogP contribution in [0.5, 0.6) is 0 Å². The lowest BCUT2D eigenvalue weighted by molar-refractivity contribution is 0.0792. The molecule has 4 rings (SSSR count). The molecule has 0 unspecified atom stereocenters. The summed E-state index contributed by atoms with van der Waals surface area (Å²) in [6.45, 7) is 2.78. The van der Waals surface area contributed by atoms with E-state index in [0.29, 0.717) is 29.4 Å². The van der Waals surface area contributed by atoms with Crippen LogP contribution in [0.1, 0.15) is 50.6 Å². The van der Waals surface area contributed by atoms with Gasteiger partial charge in [0.05, 0.1) is 11.2 Å². The monoisotopic (exact) mass is 388 g/mol. The van der Waals surface area contributed by atoms with E-state index in [2.05, 4.69) is 15.2 Å². The van der Waals surface area contributed by atoms with Crippen molar-refractivity contribution in [3.63, 3.8) is 0 Å². The lowest BCUT2D eigenvalue weighted by Crippen LogP contribution is -2.28. The summed E-state index contributed by atoms with van der Waals surface area (Å²) >= 11 is 1.32. The van der Waals surface area contributed by atoms with Crippen molar-refractivity contribution in [1.82, 2.24) is 20.1 Å². The molecule has 0 saturated carbocycles. The summed E-state index contributed by atoms with van der Waals surface area (Å²) in [4.78, 5) is 19.5. The number of nitrogens with zero attached hydrogens (tertiary/aromatic N) is 3. The summed E-state index contributed by atoms with van der Waals surface area (Å²) in [5.74, 6) is -0.175. The van der Waals surface area contributed by atoms with Gasteiger partial charge in [0.1, 0.15) is 10.6 Å². The second kappa shape index (κ2) is 7.19. The zero-order chi connectivity index (χ0) is 19.0. The fraction of sp³-hybridized carbons (Fsp3) is 0.316. The topological polar surface area (TPSA) is 61.9 Å². The van der Waals surface area contributed by atoms with Gasteiger partial charge < -0.3 is 4.90 Å². The van der Waals surface area contributed by atoms with Crippen LogP contribution in [0.25, 0.3) is 0 Å². The number of benzene rings is 1. The Labute approximate surface area is 159 Å². The molecule has 140 valence electrons. The first kappa shape index (κ1) is 17.8. The average Bonchev–Trinajstić information content (AvgIpc) is 3.40. The number of amides is 1. The van der Waals surface area contributed by atoms with Crippen LogP contribution in [0.4, 0.5) is 8.78 Å². The summed E-state index contributed by atoms with van der Waals surface area (Å²) in [7, 11) is 0. The fourth-order valence-electron chi connectivity index (χ4n) is 3.63. The number of hydrogen-bond donors (Lipinski definition) is 1. The summed E-state index contributed by atoms with van der Waals surface area (Å²) < 4.78 is 25.9. The molecule has 0 bridgehead atoms. The molecule has 1 aliphatic rings. The van der Waals surface area contributed by atoms with E-state index in [9.17, 15) is 13.6 Å². The predicted molar refractivity (Wildman–Crippen MR) is 98.2 cm³/mol. The van der Waals surface area contributed by atoms with Crippen molar-refractivity contribution < 1.29 is 13.6 Å². The number of aromatic amines is 1. The zero-order valence-electron chi connectivity index (χ0n) is 14.6. The maximum absolute atomic E-state index is 13.0. The third-order valence-electron chi connectivity index (χ3n) is 5.02. The van der Waals surface area contributed by atoms with E-state index in [1.165, 1.54) is 17.4 Å². The van der Waals surface area contributed by atoms with Gasteiger partial charge in [-0.05, 0) is 18.6 Å². The van der Waals surface area contributed by atoms with Gasteiger partial charge in [0.15, 0.2) is 0 Å². The number of alkyl halides is 2. The molecule has 8 heteroatoms. The van der Waals surface area contributed by atoms with Crippen LogP contribution in [0.2, 0.25) is 0 Å². The average molecular weight is 388 g/mol. The van der Waals surface area contributed by atoms with Crippen molar-refractivity contribution in [2.45, 2.75) is 25.2 Å². The van der Waals surface area contributed by atoms with Crippen LogP contribution in [-0.4, -0.2) is 39.1 Å². The van der Waals surface area contributed by atoms with Gasteiger partial charge >= 0.3 is 0 Å². The Balaban J connectivity index is 1.66. The Morgan fingerprint density at radius 1 is 1.26 bits per heavy atom. The van der Waals surface area contributed by atoms with Gasteiger partial charge in [-0.2, -0.15) is 5.10 Å².